The van der Waals surface area contributed by atoms with E-state index in [-0.39, 0.29) is 0 Å². The number of aromatic hydroxyl groups is 1. The van der Waals surface area contributed by atoms with E-state index in [0.717, 1.165) is 0 Å². The van der Waals surface area contributed by atoms with Gasteiger partial charge in [-0.1, -0.05) is 0 Å². The van der Waals surface area contributed by atoms with Crippen LogP contribution in [0.25, 0.3) is 0 Å². The Hall–Kier alpha value is -4.96. The third-order valence-electron chi connectivity index (χ3n) is 3.30. The Labute approximate surface area is 156 Å². The fraction of sp³-hybridized carbons (Fsp3) is 0. The van der Waals surface area contributed by atoms with Gasteiger partial charge in [-0.25, -0.2) is 0 Å². The Morgan fingerprint density at radius 3 is 1.38 bits per heavy atom. The van der Waals surface area contributed by atoms with Gasteiger partial charge in [0.2, 0.25) is 5.75 Å². The van der Waals surface area contributed by atoms with Gasteiger partial charge in [0, 0.05) is 0 Å². The second-order valence-corrected chi connectivity index (χ2v) is 5.01. The maximum absolute atomic E-state index is 11.2. The van der Waals surface area contributed by atoms with E-state index in [1.165, 1.54) is 0 Å². The average Bonchev–Trinajstić information content (AvgIpc) is 2.62. The van der Waals surface area contributed by atoms with Crippen molar-refractivity contribution in [3.63, 3.8) is 0 Å². The minimum atomic E-state index is -1.32. The van der Waals surface area contributed by atoms with Crippen molar-refractivity contribution in [3.8, 4) is 17.2 Å². The van der Waals surface area contributed by atoms with E-state index >= 15 is 0 Å². The molecule has 0 aliphatic rings. The highest BCUT2D eigenvalue weighted by Crippen LogP contribution is 2.47. The summed E-state index contributed by atoms with van der Waals surface area (Å²) in [5.74, 6) is -3.65. The van der Waals surface area contributed by atoms with Gasteiger partial charge in [0.05, 0.1) is 48.9 Å². The maximum atomic E-state index is 11.2. The van der Waals surface area contributed by atoms with Gasteiger partial charge in [-0.15, -0.1) is 0 Å². The number of rotatable bonds is 7. The number of nitrogens with zero attached hydrogens (tertiary/aromatic N) is 5. The summed E-state index contributed by atoms with van der Waals surface area (Å²) in [7, 11) is 0. The van der Waals surface area contributed by atoms with Gasteiger partial charge < -0.3 is 9.84 Å². The predicted molar refractivity (Wildman–Crippen MR) is 87.9 cm³/mol. The van der Waals surface area contributed by atoms with E-state index in [1.54, 1.807) is 0 Å². The lowest BCUT2D eigenvalue weighted by Crippen LogP contribution is -2.02. The fourth-order valence-corrected chi connectivity index (χ4v) is 2.08. The van der Waals surface area contributed by atoms with E-state index in [9.17, 15) is 55.7 Å². The van der Waals surface area contributed by atoms with Crippen LogP contribution in [0.4, 0.5) is 28.4 Å². The number of hydrogen-bond acceptors (Lipinski definition) is 12. The van der Waals surface area contributed by atoms with Gasteiger partial charge in [-0.2, -0.15) is 0 Å². The molecule has 0 fully saturated rings. The van der Waals surface area contributed by atoms with Crippen molar-refractivity contribution in [2.24, 2.45) is 0 Å². The molecule has 1 N–H and O–H groups in total. The fourth-order valence-electron chi connectivity index (χ4n) is 2.08. The van der Waals surface area contributed by atoms with E-state index < -0.39 is 70.3 Å². The summed E-state index contributed by atoms with van der Waals surface area (Å²) in [6.45, 7) is 0. The Bertz CT molecular complexity index is 1060. The summed E-state index contributed by atoms with van der Waals surface area (Å²) in [6.07, 6.45) is 0. The van der Waals surface area contributed by atoms with Crippen molar-refractivity contribution in [2.45, 2.75) is 0 Å². The molecule has 17 heteroatoms. The smallest absolute Gasteiger partial charge is 0.325 e. The highest BCUT2D eigenvalue weighted by molar-refractivity contribution is 5.69. The van der Waals surface area contributed by atoms with Crippen molar-refractivity contribution in [1.82, 2.24) is 0 Å². The summed E-state index contributed by atoms with van der Waals surface area (Å²) in [4.78, 5) is 49.0. The number of phenolic OH excluding ortho intramolecular Hbond substituents is 1. The van der Waals surface area contributed by atoms with Crippen LogP contribution in [0.5, 0.6) is 17.2 Å². The molecule has 0 amide bonds. The first kappa shape index (κ1) is 20.4. The number of benzene rings is 2. The zero-order valence-corrected chi connectivity index (χ0v) is 13.5. The van der Waals surface area contributed by atoms with Crippen LogP contribution in [0.2, 0.25) is 0 Å². The van der Waals surface area contributed by atoms with Gasteiger partial charge in [0.1, 0.15) is 0 Å². The molecule has 0 saturated heterocycles. The van der Waals surface area contributed by atoms with E-state index in [0.29, 0.717) is 24.3 Å². The highest BCUT2D eigenvalue weighted by atomic mass is 16.6. The zero-order chi connectivity index (χ0) is 22.0. The van der Waals surface area contributed by atoms with Crippen LogP contribution < -0.4 is 4.74 Å². The van der Waals surface area contributed by atoms with Crippen molar-refractivity contribution in [3.05, 3.63) is 74.8 Å². The molecular formula is C12H5N5O12. The van der Waals surface area contributed by atoms with E-state index in [4.69, 9.17) is 4.74 Å². The van der Waals surface area contributed by atoms with Crippen LogP contribution in [0.3, 0.4) is 0 Å². The van der Waals surface area contributed by atoms with Crippen molar-refractivity contribution >= 4 is 28.4 Å². The Morgan fingerprint density at radius 2 is 1.00 bits per heavy atom. The van der Waals surface area contributed by atoms with Gasteiger partial charge in [-0.05, 0) is 0 Å². The largest absolute Gasteiger partial charge is 0.499 e. The van der Waals surface area contributed by atoms with E-state index in [2.05, 4.69) is 0 Å². The second kappa shape index (κ2) is 7.34. The molecule has 150 valence electrons. The standard InChI is InChI=1S/C12H5N5O12/c18-11-7(15(23)24)1-6(14(21)22)4-10(11)29-12-8(16(25)26)2-5(13(19)20)3-9(12)17(27)28/h1-4,18H. The lowest BCUT2D eigenvalue weighted by Gasteiger charge is -2.09. The normalized spacial score (nSPS) is 10.2. The van der Waals surface area contributed by atoms with Crippen molar-refractivity contribution in [1.29, 1.82) is 0 Å². The van der Waals surface area contributed by atoms with Crippen LogP contribution in [-0.2, 0) is 0 Å². The maximum Gasteiger partial charge on any atom is 0.325 e. The lowest BCUT2D eigenvalue weighted by molar-refractivity contribution is -0.404. The van der Waals surface area contributed by atoms with Crippen LogP contribution >= 0.6 is 0 Å². The number of ether oxygens (including phenoxy) is 1. The molecule has 29 heavy (non-hydrogen) atoms. The molecule has 0 aliphatic heterocycles. The minimum absolute atomic E-state index is 0.311. The molecule has 0 bridgehead atoms. The first-order valence-corrected chi connectivity index (χ1v) is 6.89. The van der Waals surface area contributed by atoms with Gasteiger partial charge in [0.25, 0.3) is 17.1 Å². The molecule has 2 aromatic carbocycles. The Balaban J connectivity index is 2.81. The third-order valence-corrected chi connectivity index (χ3v) is 3.30. The second-order valence-electron chi connectivity index (χ2n) is 5.01. The number of hydrogen-bond donors (Lipinski definition) is 1. The monoisotopic (exact) mass is 411 g/mol. The number of nitro groups is 5. The minimum Gasteiger partial charge on any atom is -0.499 e. The molecule has 0 saturated carbocycles. The quantitative estimate of drug-likeness (QED) is 0.510. The Morgan fingerprint density at radius 1 is 0.621 bits per heavy atom. The summed E-state index contributed by atoms with van der Waals surface area (Å²) in [6, 6.07) is 1.41. The van der Waals surface area contributed by atoms with Crippen molar-refractivity contribution in [2.75, 3.05) is 0 Å². The molecule has 0 heterocycles. The first-order chi connectivity index (χ1) is 13.4. The molecule has 0 spiro atoms. The van der Waals surface area contributed by atoms with Crippen LogP contribution in [0.1, 0.15) is 0 Å². The molecule has 0 radical (unpaired) electrons. The molecule has 0 unspecified atom stereocenters. The molecule has 0 aliphatic carbocycles. The topological polar surface area (TPSA) is 245 Å². The van der Waals surface area contributed by atoms with Crippen molar-refractivity contribution < 1.29 is 34.5 Å². The van der Waals surface area contributed by atoms with Crippen LogP contribution in [-0.4, -0.2) is 29.7 Å². The Kier molecular flexibility index (Phi) is 5.15. The summed E-state index contributed by atoms with van der Waals surface area (Å²) >= 11 is 0. The summed E-state index contributed by atoms with van der Waals surface area (Å²) < 4.78 is 4.85. The predicted octanol–water partition coefficient (Wildman–Crippen LogP) is 2.73. The van der Waals surface area contributed by atoms with Gasteiger partial charge >= 0.3 is 17.1 Å². The first-order valence-electron chi connectivity index (χ1n) is 6.89. The molecular weight excluding hydrogens is 406 g/mol. The van der Waals surface area contributed by atoms with Crippen LogP contribution in [0, 0.1) is 50.6 Å². The number of nitro benzene ring substituents is 5. The van der Waals surface area contributed by atoms with Gasteiger partial charge in [0.15, 0.2) is 5.75 Å². The molecule has 0 atom stereocenters. The van der Waals surface area contributed by atoms with Gasteiger partial charge in [-0.3, -0.25) is 50.6 Å². The lowest BCUT2D eigenvalue weighted by atomic mass is 10.2. The highest BCUT2D eigenvalue weighted by Gasteiger charge is 2.35. The third kappa shape index (κ3) is 3.92. The summed E-state index contributed by atoms with van der Waals surface area (Å²) in [5.41, 5.74) is -5.82. The van der Waals surface area contributed by atoms with E-state index in [1.807, 2.05) is 0 Å². The SMILES string of the molecule is O=[N+]([O-])c1cc(Oc2c([N+](=O)[O-])cc([N+](=O)[O-])cc2[N+](=O)[O-])c(O)c([N+](=O)[O-])c1. The molecule has 2 aromatic rings. The molecule has 0 aromatic heterocycles. The average molecular weight is 411 g/mol. The van der Waals surface area contributed by atoms with Crippen LogP contribution in [0.15, 0.2) is 24.3 Å². The number of non-ortho nitro benzene ring substituents is 2. The zero-order valence-electron chi connectivity index (χ0n) is 13.5. The number of phenols is 1. The summed E-state index contributed by atoms with van der Waals surface area (Å²) in [5, 5.41) is 65.0. The molecule has 2 rings (SSSR count). The molecule has 17 nitrogen and oxygen atoms in total.